The van der Waals surface area contributed by atoms with Gasteiger partial charge in [-0.1, -0.05) is 24.3 Å². The number of benzene rings is 2. The third-order valence-electron chi connectivity index (χ3n) is 4.08. The lowest BCUT2D eigenvalue weighted by atomic mass is 9.92. The summed E-state index contributed by atoms with van der Waals surface area (Å²) >= 11 is 0. The number of nitrogens with one attached hydrogen (secondary N) is 2. The van der Waals surface area contributed by atoms with Crippen molar-refractivity contribution in [2.75, 3.05) is 0 Å². The third-order valence-corrected chi connectivity index (χ3v) is 4.08. The number of aromatic nitrogens is 2. The summed E-state index contributed by atoms with van der Waals surface area (Å²) < 4.78 is 53.4. The maximum absolute atomic E-state index is 13.5. The summed E-state index contributed by atoms with van der Waals surface area (Å²) in [5.74, 6) is -2.71. The zero-order valence-electron chi connectivity index (χ0n) is 14.0. The fourth-order valence-corrected chi connectivity index (χ4v) is 2.63. The van der Waals surface area contributed by atoms with E-state index in [4.69, 9.17) is 0 Å². The number of carbonyl (C=O) groups is 1. The summed E-state index contributed by atoms with van der Waals surface area (Å²) in [5.41, 5.74) is -4.99. The Morgan fingerprint density at radius 1 is 1.11 bits per heavy atom. The van der Waals surface area contributed by atoms with Crippen LogP contribution in [0.15, 0.2) is 53.3 Å². The Hall–Kier alpha value is -3.27. The van der Waals surface area contributed by atoms with Crippen LogP contribution in [0.5, 0.6) is 0 Å². The Morgan fingerprint density at radius 3 is 2.39 bits per heavy atom. The number of aliphatic hydroxyl groups is 1. The van der Waals surface area contributed by atoms with Crippen LogP contribution in [0.3, 0.4) is 0 Å². The van der Waals surface area contributed by atoms with Gasteiger partial charge in [0.1, 0.15) is 11.6 Å². The van der Waals surface area contributed by atoms with Crippen LogP contribution >= 0.6 is 0 Å². The monoisotopic (exact) mass is 395 g/mol. The van der Waals surface area contributed by atoms with Gasteiger partial charge in [-0.25, -0.2) is 9.37 Å². The number of fused-ring (bicyclic) bond motifs is 1. The molecule has 1 amide bonds. The van der Waals surface area contributed by atoms with Crippen LogP contribution in [0, 0.1) is 5.82 Å². The maximum atomic E-state index is 13.5. The van der Waals surface area contributed by atoms with Gasteiger partial charge >= 0.3 is 6.18 Å². The minimum absolute atomic E-state index is 0.0966. The molecule has 0 fully saturated rings. The van der Waals surface area contributed by atoms with Crippen LogP contribution in [0.25, 0.3) is 10.9 Å². The van der Waals surface area contributed by atoms with Gasteiger partial charge in [0.05, 0.1) is 17.4 Å². The molecule has 0 unspecified atom stereocenters. The minimum atomic E-state index is -5.38. The molecule has 0 spiro atoms. The van der Waals surface area contributed by atoms with Gasteiger partial charge in [-0.05, 0) is 24.3 Å². The maximum Gasteiger partial charge on any atom is 0.430 e. The molecule has 0 aliphatic carbocycles. The van der Waals surface area contributed by atoms with E-state index in [9.17, 15) is 32.3 Å². The van der Waals surface area contributed by atoms with Gasteiger partial charge in [0.15, 0.2) is 0 Å². The van der Waals surface area contributed by atoms with Gasteiger partial charge in [0.2, 0.25) is 0 Å². The van der Waals surface area contributed by atoms with Crippen molar-refractivity contribution in [3.05, 3.63) is 76.1 Å². The van der Waals surface area contributed by atoms with E-state index < -0.39 is 41.2 Å². The van der Waals surface area contributed by atoms with Crippen molar-refractivity contribution in [2.45, 2.75) is 18.3 Å². The van der Waals surface area contributed by atoms with Crippen LogP contribution in [0.1, 0.15) is 11.4 Å². The molecule has 3 N–H and O–H groups in total. The van der Waals surface area contributed by atoms with Crippen molar-refractivity contribution in [3.63, 3.8) is 0 Å². The molecule has 146 valence electrons. The zero-order chi connectivity index (χ0) is 20.5. The average molecular weight is 395 g/mol. The van der Waals surface area contributed by atoms with E-state index in [1.54, 1.807) is 12.1 Å². The number of H-pyrrole nitrogens is 1. The van der Waals surface area contributed by atoms with E-state index in [0.29, 0.717) is 29.8 Å². The van der Waals surface area contributed by atoms with E-state index in [2.05, 4.69) is 9.97 Å². The van der Waals surface area contributed by atoms with Gasteiger partial charge in [-0.2, -0.15) is 13.2 Å². The molecule has 28 heavy (non-hydrogen) atoms. The smallest absolute Gasteiger partial charge is 0.369 e. The minimum Gasteiger partial charge on any atom is -0.369 e. The highest BCUT2D eigenvalue weighted by atomic mass is 19.4. The predicted octanol–water partition coefficient (Wildman–Crippen LogP) is 2.13. The lowest BCUT2D eigenvalue weighted by Gasteiger charge is -2.29. The fourth-order valence-electron chi connectivity index (χ4n) is 2.63. The van der Waals surface area contributed by atoms with Gasteiger partial charge in [0.25, 0.3) is 17.1 Å². The third kappa shape index (κ3) is 3.46. The van der Waals surface area contributed by atoms with Crippen LogP contribution in [-0.2, 0) is 16.9 Å². The number of amides is 1. The van der Waals surface area contributed by atoms with E-state index >= 15 is 0 Å². The van der Waals surface area contributed by atoms with Crippen LogP contribution in [0.4, 0.5) is 17.6 Å². The van der Waals surface area contributed by atoms with Crippen LogP contribution in [0.2, 0.25) is 0 Å². The topological polar surface area (TPSA) is 95.1 Å². The van der Waals surface area contributed by atoms with Gasteiger partial charge in [-0.15, -0.1) is 0 Å². The molecule has 0 radical (unpaired) electrons. The first-order chi connectivity index (χ1) is 13.1. The Bertz CT molecular complexity index is 1080. The molecule has 1 heterocycles. The molecular formula is C18H13F4N3O3. The van der Waals surface area contributed by atoms with Crippen molar-refractivity contribution in [3.8, 4) is 0 Å². The Morgan fingerprint density at radius 2 is 1.75 bits per heavy atom. The normalized spacial score (nSPS) is 13.9. The summed E-state index contributed by atoms with van der Waals surface area (Å²) in [7, 11) is 0. The van der Waals surface area contributed by atoms with Gasteiger partial charge < -0.3 is 15.4 Å². The summed E-state index contributed by atoms with van der Waals surface area (Å²) in [6, 6.07) is 9.00. The molecule has 3 rings (SSSR count). The average Bonchev–Trinajstić information content (AvgIpc) is 2.65. The highest BCUT2D eigenvalue weighted by Crippen LogP contribution is 2.39. The molecule has 2 aromatic carbocycles. The van der Waals surface area contributed by atoms with Crippen LogP contribution in [-0.4, -0.2) is 27.2 Å². The van der Waals surface area contributed by atoms with E-state index in [0.717, 1.165) is 0 Å². The summed E-state index contributed by atoms with van der Waals surface area (Å²) in [4.78, 5) is 30.6. The summed E-state index contributed by atoms with van der Waals surface area (Å²) in [5, 5.41) is 12.3. The quantitative estimate of drug-likeness (QED) is 0.590. The van der Waals surface area contributed by atoms with E-state index in [1.807, 2.05) is 5.32 Å². The fraction of sp³-hybridized carbons (Fsp3) is 0.167. The Kier molecular flexibility index (Phi) is 4.90. The SMILES string of the molecule is O=C(NCc1nc2ccccc2c(=O)[nH]1)[C@](O)(c1ccc(F)cc1)C(F)(F)F. The summed E-state index contributed by atoms with van der Waals surface area (Å²) in [6.45, 7) is -0.571. The molecular weight excluding hydrogens is 382 g/mol. The lowest BCUT2D eigenvalue weighted by Crippen LogP contribution is -2.54. The number of alkyl halides is 3. The number of nitrogens with zero attached hydrogens (tertiary/aromatic N) is 1. The first-order valence-corrected chi connectivity index (χ1v) is 7.94. The van der Waals surface area contributed by atoms with Gasteiger partial charge in [0, 0.05) is 5.56 Å². The van der Waals surface area contributed by atoms with E-state index in [1.165, 1.54) is 12.1 Å². The second kappa shape index (κ2) is 7.04. The van der Waals surface area contributed by atoms with Crippen molar-refractivity contribution < 1.29 is 27.5 Å². The molecule has 6 nitrogen and oxygen atoms in total. The molecule has 0 bridgehead atoms. The number of aromatic amines is 1. The summed E-state index contributed by atoms with van der Waals surface area (Å²) in [6.07, 6.45) is -5.38. The highest BCUT2D eigenvalue weighted by Gasteiger charge is 2.60. The largest absolute Gasteiger partial charge is 0.430 e. The first kappa shape index (κ1) is 19.5. The Labute approximate surface area is 154 Å². The van der Waals surface area contributed by atoms with Crippen molar-refractivity contribution in [1.29, 1.82) is 0 Å². The first-order valence-electron chi connectivity index (χ1n) is 7.94. The number of halogens is 4. The number of carbonyl (C=O) groups excluding carboxylic acids is 1. The highest BCUT2D eigenvalue weighted by molar-refractivity contribution is 5.87. The molecule has 0 saturated heterocycles. The molecule has 1 aromatic heterocycles. The van der Waals surface area contributed by atoms with Gasteiger partial charge in [-0.3, -0.25) is 9.59 Å². The standard InChI is InChI=1S/C18H13F4N3O3/c19-11-7-5-10(6-8-11)17(28,18(20,21)22)16(27)23-9-14-24-13-4-2-1-3-12(13)15(26)25-14/h1-8,28H,9H2,(H,23,27)(H,24,25,26)/t17-/m1/s1. The van der Waals surface area contributed by atoms with Crippen molar-refractivity contribution >= 4 is 16.8 Å². The molecule has 0 saturated carbocycles. The van der Waals surface area contributed by atoms with E-state index in [-0.39, 0.29) is 11.2 Å². The second-order valence-electron chi connectivity index (χ2n) is 5.93. The Balaban J connectivity index is 1.89. The number of hydrogen-bond acceptors (Lipinski definition) is 4. The molecule has 0 aliphatic rings. The van der Waals surface area contributed by atoms with Crippen molar-refractivity contribution in [1.82, 2.24) is 15.3 Å². The lowest BCUT2D eigenvalue weighted by molar-refractivity contribution is -0.257. The van der Waals surface area contributed by atoms with Crippen LogP contribution < -0.4 is 10.9 Å². The molecule has 1 atom stereocenters. The molecule has 10 heteroatoms. The molecule has 3 aromatic rings. The number of rotatable bonds is 4. The second-order valence-corrected chi connectivity index (χ2v) is 5.93. The predicted molar refractivity (Wildman–Crippen MR) is 90.6 cm³/mol. The molecule has 0 aliphatic heterocycles. The number of hydrogen-bond donors (Lipinski definition) is 3. The zero-order valence-corrected chi connectivity index (χ0v) is 14.0. The van der Waals surface area contributed by atoms with Crippen molar-refractivity contribution in [2.24, 2.45) is 0 Å². The number of para-hydroxylation sites is 1.